The van der Waals surface area contributed by atoms with Crippen LogP contribution in [0.4, 0.5) is 5.13 Å². The van der Waals surface area contributed by atoms with E-state index in [0.717, 1.165) is 18.7 Å². The average molecular weight is 253 g/mol. The summed E-state index contributed by atoms with van der Waals surface area (Å²) < 4.78 is 0. The molecule has 4 nitrogen and oxygen atoms in total. The highest BCUT2D eigenvalue weighted by Gasteiger charge is 2.14. The molecular weight excluding hydrogens is 234 g/mol. The van der Waals surface area contributed by atoms with Gasteiger partial charge in [-0.15, -0.1) is 11.3 Å². The van der Waals surface area contributed by atoms with Crippen molar-refractivity contribution in [3.8, 4) is 0 Å². The lowest BCUT2D eigenvalue weighted by Gasteiger charge is -2.22. The van der Waals surface area contributed by atoms with Gasteiger partial charge in [-0.2, -0.15) is 0 Å². The Kier molecular flexibility index (Phi) is 4.50. The fourth-order valence-corrected chi connectivity index (χ4v) is 2.77. The Hall–Kier alpha value is -0.940. The van der Waals surface area contributed by atoms with Crippen molar-refractivity contribution in [3.63, 3.8) is 0 Å². The maximum atomic E-state index is 11.7. The van der Waals surface area contributed by atoms with Gasteiger partial charge in [0.25, 0.3) is 0 Å². The Morgan fingerprint density at radius 1 is 1.65 bits per heavy atom. The first-order valence-corrected chi connectivity index (χ1v) is 7.07. The van der Waals surface area contributed by atoms with Crippen molar-refractivity contribution >= 4 is 22.4 Å². The number of piperidine rings is 1. The number of nitrogens with one attached hydrogen (secondary N) is 2. The summed E-state index contributed by atoms with van der Waals surface area (Å²) in [5.41, 5.74) is 0.958. The van der Waals surface area contributed by atoms with Gasteiger partial charge in [0.1, 0.15) is 0 Å². The van der Waals surface area contributed by atoms with Gasteiger partial charge in [-0.05, 0) is 32.7 Å². The standard InChI is InChI=1S/C12H19N3OS/c1-9-8-17-12(14-9)15-11(16)6-5-10-4-2-3-7-13-10/h8,10,13H,2-7H2,1H3,(H,14,15,16). The van der Waals surface area contributed by atoms with Crippen LogP contribution < -0.4 is 10.6 Å². The molecule has 2 heterocycles. The summed E-state index contributed by atoms with van der Waals surface area (Å²) in [6, 6.07) is 0.521. The topological polar surface area (TPSA) is 54.0 Å². The predicted octanol–water partition coefficient (Wildman–Crippen LogP) is 2.31. The molecule has 1 aliphatic rings. The molecule has 1 aliphatic heterocycles. The first-order chi connectivity index (χ1) is 8.24. The predicted molar refractivity (Wildman–Crippen MR) is 70.4 cm³/mol. The van der Waals surface area contributed by atoms with Crippen LogP contribution in [0.5, 0.6) is 0 Å². The highest BCUT2D eigenvalue weighted by Crippen LogP contribution is 2.16. The lowest BCUT2D eigenvalue weighted by Crippen LogP contribution is -2.34. The number of carbonyl (C=O) groups excluding carboxylic acids is 1. The highest BCUT2D eigenvalue weighted by atomic mass is 32.1. The lowest BCUT2D eigenvalue weighted by atomic mass is 10.0. The molecule has 1 amide bonds. The molecule has 0 aliphatic carbocycles. The van der Waals surface area contributed by atoms with Crippen molar-refractivity contribution in [2.24, 2.45) is 0 Å². The minimum Gasteiger partial charge on any atom is -0.314 e. The Balaban J connectivity index is 1.70. The summed E-state index contributed by atoms with van der Waals surface area (Å²) in [6.45, 7) is 3.02. The molecule has 1 fully saturated rings. The van der Waals surface area contributed by atoms with E-state index >= 15 is 0 Å². The van der Waals surface area contributed by atoms with Gasteiger partial charge in [0.05, 0.1) is 5.69 Å². The third-order valence-electron chi connectivity index (χ3n) is 3.00. The Labute approximate surface area is 106 Å². The van der Waals surface area contributed by atoms with E-state index < -0.39 is 0 Å². The number of carbonyl (C=O) groups is 1. The van der Waals surface area contributed by atoms with Gasteiger partial charge in [-0.1, -0.05) is 6.42 Å². The first kappa shape index (κ1) is 12.5. The zero-order valence-electron chi connectivity index (χ0n) is 10.2. The van der Waals surface area contributed by atoms with Gasteiger partial charge in [0, 0.05) is 17.8 Å². The lowest BCUT2D eigenvalue weighted by molar-refractivity contribution is -0.116. The molecule has 0 bridgehead atoms. The molecule has 2 rings (SSSR count). The molecule has 1 aromatic heterocycles. The van der Waals surface area contributed by atoms with E-state index in [4.69, 9.17) is 0 Å². The van der Waals surface area contributed by atoms with E-state index in [2.05, 4.69) is 15.6 Å². The van der Waals surface area contributed by atoms with Gasteiger partial charge in [-0.25, -0.2) is 4.98 Å². The van der Waals surface area contributed by atoms with E-state index in [1.807, 2.05) is 12.3 Å². The summed E-state index contributed by atoms with van der Waals surface area (Å²) >= 11 is 1.48. The van der Waals surface area contributed by atoms with Crippen LogP contribution in [0, 0.1) is 6.92 Å². The number of aromatic nitrogens is 1. The molecule has 0 spiro atoms. The van der Waals surface area contributed by atoms with Gasteiger partial charge >= 0.3 is 0 Å². The fraction of sp³-hybridized carbons (Fsp3) is 0.667. The molecular formula is C12H19N3OS. The maximum Gasteiger partial charge on any atom is 0.226 e. The Morgan fingerprint density at radius 3 is 3.18 bits per heavy atom. The number of hydrogen-bond donors (Lipinski definition) is 2. The van der Waals surface area contributed by atoms with Crippen LogP contribution in [0.1, 0.15) is 37.8 Å². The Bertz CT molecular complexity index is 372. The van der Waals surface area contributed by atoms with Crippen molar-refractivity contribution in [1.82, 2.24) is 10.3 Å². The number of anilines is 1. The molecule has 0 aromatic carbocycles. The third-order valence-corrected chi connectivity index (χ3v) is 3.87. The monoisotopic (exact) mass is 253 g/mol. The summed E-state index contributed by atoms with van der Waals surface area (Å²) in [7, 11) is 0. The van der Waals surface area contributed by atoms with Crippen molar-refractivity contribution in [3.05, 3.63) is 11.1 Å². The second-order valence-electron chi connectivity index (χ2n) is 4.53. The molecule has 1 unspecified atom stereocenters. The van der Waals surface area contributed by atoms with Crippen molar-refractivity contribution < 1.29 is 4.79 Å². The van der Waals surface area contributed by atoms with Crippen LogP contribution >= 0.6 is 11.3 Å². The third kappa shape index (κ3) is 4.09. The molecule has 1 saturated heterocycles. The number of thiazole rings is 1. The summed E-state index contributed by atoms with van der Waals surface area (Å²) in [5, 5.41) is 8.95. The van der Waals surface area contributed by atoms with Crippen molar-refractivity contribution in [2.75, 3.05) is 11.9 Å². The smallest absolute Gasteiger partial charge is 0.226 e. The van der Waals surface area contributed by atoms with E-state index in [9.17, 15) is 4.79 Å². The fourth-order valence-electron chi connectivity index (χ4n) is 2.07. The molecule has 1 atom stereocenters. The first-order valence-electron chi connectivity index (χ1n) is 6.19. The second-order valence-corrected chi connectivity index (χ2v) is 5.39. The van der Waals surface area contributed by atoms with E-state index in [0.29, 0.717) is 17.6 Å². The van der Waals surface area contributed by atoms with Gasteiger partial charge in [-0.3, -0.25) is 4.79 Å². The average Bonchev–Trinajstić information content (AvgIpc) is 2.73. The van der Waals surface area contributed by atoms with Crippen LogP contribution in [-0.4, -0.2) is 23.5 Å². The molecule has 2 N–H and O–H groups in total. The van der Waals surface area contributed by atoms with Crippen LogP contribution in [0.25, 0.3) is 0 Å². The normalized spacial score (nSPS) is 20.2. The zero-order chi connectivity index (χ0) is 12.1. The van der Waals surface area contributed by atoms with Crippen LogP contribution in [-0.2, 0) is 4.79 Å². The number of amides is 1. The minimum atomic E-state index is 0.0757. The molecule has 1 aromatic rings. The molecule has 5 heteroatoms. The quantitative estimate of drug-likeness (QED) is 0.866. The van der Waals surface area contributed by atoms with E-state index in [1.165, 1.54) is 30.6 Å². The summed E-state index contributed by atoms with van der Waals surface area (Å²) in [5.74, 6) is 0.0757. The second kappa shape index (κ2) is 6.12. The number of rotatable bonds is 4. The van der Waals surface area contributed by atoms with Gasteiger partial charge in [0.15, 0.2) is 5.13 Å². The highest BCUT2D eigenvalue weighted by molar-refractivity contribution is 7.13. The summed E-state index contributed by atoms with van der Waals surface area (Å²) in [4.78, 5) is 15.9. The Morgan fingerprint density at radius 2 is 2.53 bits per heavy atom. The van der Waals surface area contributed by atoms with Crippen LogP contribution in [0.15, 0.2) is 5.38 Å². The number of aryl methyl sites for hydroxylation is 1. The van der Waals surface area contributed by atoms with Crippen molar-refractivity contribution in [1.29, 1.82) is 0 Å². The van der Waals surface area contributed by atoms with Gasteiger partial charge < -0.3 is 10.6 Å². The SMILES string of the molecule is Cc1csc(NC(=O)CCC2CCCCN2)n1. The molecule has 94 valence electrons. The van der Waals surface area contributed by atoms with Gasteiger partial charge in [0.2, 0.25) is 5.91 Å². The zero-order valence-corrected chi connectivity index (χ0v) is 11.0. The molecule has 17 heavy (non-hydrogen) atoms. The minimum absolute atomic E-state index is 0.0757. The number of nitrogens with zero attached hydrogens (tertiary/aromatic N) is 1. The molecule has 0 saturated carbocycles. The summed E-state index contributed by atoms with van der Waals surface area (Å²) in [6.07, 6.45) is 5.25. The van der Waals surface area contributed by atoms with E-state index in [-0.39, 0.29) is 5.91 Å². The largest absolute Gasteiger partial charge is 0.314 e. The number of hydrogen-bond acceptors (Lipinski definition) is 4. The maximum absolute atomic E-state index is 11.7. The molecule has 0 radical (unpaired) electrons. The van der Waals surface area contributed by atoms with Crippen LogP contribution in [0.3, 0.4) is 0 Å². The van der Waals surface area contributed by atoms with E-state index in [1.54, 1.807) is 0 Å². The van der Waals surface area contributed by atoms with Crippen molar-refractivity contribution in [2.45, 2.75) is 45.1 Å². The van der Waals surface area contributed by atoms with Crippen LogP contribution in [0.2, 0.25) is 0 Å².